The minimum absolute atomic E-state index is 0.189. The summed E-state index contributed by atoms with van der Waals surface area (Å²) in [6, 6.07) is 15.5. The van der Waals surface area contributed by atoms with Crippen LogP contribution in [0.1, 0.15) is 11.1 Å². The quantitative estimate of drug-likeness (QED) is 0.316. The number of nitrogens with one attached hydrogen (secondary N) is 1. The second-order valence-corrected chi connectivity index (χ2v) is 8.67. The van der Waals surface area contributed by atoms with Gasteiger partial charge in [-0.3, -0.25) is 14.9 Å². The van der Waals surface area contributed by atoms with Crippen molar-refractivity contribution in [2.45, 2.75) is 6.61 Å². The molecular formula is C25H17Cl3N2O5. The fraction of sp³-hybridized carbons (Fsp3) is 0.0800. The predicted octanol–water partition coefficient (Wildman–Crippen LogP) is 5.90. The largest absolute Gasteiger partial charge is 0.493 e. The summed E-state index contributed by atoms with van der Waals surface area (Å²) in [6.07, 6.45) is 1.32. The first-order valence-corrected chi connectivity index (χ1v) is 11.3. The van der Waals surface area contributed by atoms with Gasteiger partial charge in [0.25, 0.3) is 11.8 Å². The van der Waals surface area contributed by atoms with E-state index >= 15 is 0 Å². The van der Waals surface area contributed by atoms with E-state index in [0.29, 0.717) is 15.6 Å². The number of rotatable bonds is 6. The average Bonchev–Trinajstić information content (AvgIpc) is 2.80. The summed E-state index contributed by atoms with van der Waals surface area (Å²) in [5.74, 6) is -1.07. The van der Waals surface area contributed by atoms with E-state index in [4.69, 9.17) is 44.3 Å². The molecule has 0 unspecified atom stereocenters. The highest BCUT2D eigenvalue weighted by molar-refractivity contribution is 6.39. The second kappa shape index (κ2) is 10.4. The Kier molecular flexibility index (Phi) is 7.31. The molecule has 0 spiro atoms. The number of nitrogens with zero attached hydrogens (tertiary/aromatic N) is 1. The first-order chi connectivity index (χ1) is 16.8. The molecule has 4 amide bonds. The molecule has 3 aromatic carbocycles. The maximum atomic E-state index is 13.1. The molecule has 1 aliphatic rings. The number of hydrogen-bond donors (Lipinski definition) is 1. The highest BCUT2D eigenvalue weighted by atomic mass is 35.5. The topological polar surface area (TPSA) is 84.9 Å². The van der Waals surface area contributed by atoms with Gasteiger partial charge < -0.3 is 9.47 Å². The zero-order chi connectivity index (χ0) is 25.1. The Morgan fingerprint density at radius 1 is 0.943 bits per heavy atom. The molecule has 0 radical (unpaired) electrons. The molecule has 1 N–H and O–H groups in total. The summed E-state index contributed by atoms with van der Waals surface area (Å²) in [5.41, 5.74) is 1.17. The summed E-state index contributed by atoms with van der Waals surface area (Å²) in [7, 11) is 1.44. The van der Waals surface area contributed by atoms with Crippen LogP contribution in [0.25, 0.3) is 6.08 Å². The van der Waals surface area contributed by atoms with Crippen molar-refractivity contribution in [3.8, 4) is 11.5 Å². The fourth-order valence-electron chi connectivity index (χ4n) is 3.42. The molecule has 3 aromatic rings. The van der Waals surface area contributed by atoms with Crippen LogP contribution in [0.5, 0.6) is 11.5 Å². The van der Waals surface area contributed by atoms with E-state index in [2.05, 4.69) is 5.32 Å². The molecule has 35 heavy (non-hydrogen) atoms. The lowest BCUT2D eigenvalue weighted by Gasteiger charge is -2.26. The number of hydrogen-bond acceptors (Lipinski definition) is 5. The van der Waals surface area contributed by atoms with E-state index in [1.165, 1.54) is 31.4 Å². The summed E-state index contributed by atoms with van der Waals surface area (Å²) in [5, 5.41) is 3.27. The Morgan fingerprint density at radius 2 is 1.66 bits per heavy atom. The standard InChI is InChI=1S/C25H17Cl3N2O5/c1-34-21-11-15(10-20(28)22(21)35-13-14-4-2-5-16(26)8-14)9-19-23(31)29-25(33)30(24(19)32)18-7-3-6-17(27)12-18/h2-12H,13H2,1H3,(H,29,31,33)/b19-9+. The minimum Gasteiger partial charge on any atom is -0.493 e. The number of imide groups is 2. The summed E-state index contributed by atoms with van der Waals surface area (Å²) in [4.78, 5) is 38.8. The van der Waals surface area contributed by atoms with Gasteiger partial charge in [-0.25, -0.2) is 9.69 Å². The van der Waals surface area contributed by atoms with Gasteiger partial charge in [-0.05, 0) is 59.7 Å². The monoisotopic (exact) mass is 530 g/mol. The van der Waals surface area contributed by atoms with Crippen LogP contribution in [0.4, 0.5) is 10.5 Å². The van der Waals surface area contributed by atoms with E-state index in [1.807, 2.05) is 6.07 Å². The minimum atomic E-state index is -0.875. The number of halogens is 3. The molecule has 4 rings (SSSR count). The van der Waals surface area contributed by atoms with Crippen molar-refractivity contribution in [1.82, 2.24) is 5.32 Å². The molecule has 7 nitrogen and oxygen atoms in total. The van der Waals surface area contributed by atoms with Crippen molar-refractivity contribution in [3.63, 3.8) is 0 Å². The Hall–Kier alpha value is -3.52. The van der Waals surface area contributed by atoms with Crippen LogP contribution in [-0.2, 0) is 16.2 Å². The number of carbonyl (C=O) groups excluding carboxylic acids is 3. The molecule has 1 fully saturated rings. The number of benzene rings is 3. The molecule has 0 aromatic heterocycles. The van der Waals surface area contributed by atoms with Crippen LogP contribution in [0.15, 0.2) is 66.2 Å². The van der Waals surface area contributed by atoms with Crippen LogP contribution in [0.3, 0.4) is 0 Å². The smallest absolute Gasteiger partial charge is 0.335 e. The van der Waals surface area contributed by atoms with Crippen LogP contribution in [-0.4, -0.2) is 25.0 Å². The molecule has 1 saturated heterocycles. The summed E-state index contributed by atoms with van der Waals surface area (Å²) >= 11 is 18.5. The first-order valence-electron chi connectivity index (χ1n) is 10.2. The molecule has 0 aliphatic carbocycles. The van der Waals surface area contributed by atoms with E-state index in [9.17, 15) is 14.4 Å². The third-order valence-corrected chi connectivity index (χ3v) is 5.75. The zero-order valence-electron chi connectivity index (χ0n) is 18.2. The lowest BCUT2D eigenvalue weighted by Crippen LogP contribution is -2.54. The van der Waals surface area contributed by atoms with Crippen LogP contribution in [0.2, 0.25) is 15.1 Å². The van der Waals surface area contributed by atoms with Gasteiger partial charge in [0.2, 0.25) is 0 Å². The van der Waals surface area contributed by atoms with Gasteiger partial charge in [-0.15, -0.1) is 0 Å². The maximum absolute atomic E-state index is 13.1. The van der Waals surface area contributed by atoms with Crippen molar-refractivity contribution < 1.29 is 23.9 Å². The Bertz CT molecular complexity index is 1370. The maximum Gasteiger partial charge on any atom is 0.335 e. The first kappa shape index (κ1) is 24.6. The van der Waals surface area contributed by atoms with Crippen LogP contribution < -0.4 is 19.7 Å². The number of methoxy groups -OCH3 is 1. The lowest BCUT2D eigenvalue weighted by molar-refractivity contribution is -0.122. The van der Waals surface area contributed by atoms with Gasteiger partial charge >= 0.3 is 6.03 Å². The van der Waals surface area contributed by atoms with E-state index < -0.39 is 17.8 Å². The molecule has 0 saturated carbocycles. The zero-order valence-corrected chi connectivity index (χ0v) is 20.4. The van der Waals surface area contributed by atoms with Crippen molar-refractivity contribution >= 4 is 64.4 Å². The Morgan fingerprint density at radius 3 is 2.34 bits per heavy atom. The van der Waals surface area contributed by atoms with Gasteiger partial charge in [0, 0.05) is 10.0 Å². The molecule has 0 atom stereocenters. The number of amides is 4. The molecule has 1 aliphatic heterocycles. The van der Waals surface area contributed by atoms with Gasteiger partial charge in [0.05, 0.1) is 17.8 Å². The van der Waals surface area contributed by atoms with Crippen molar-refractivity contribution in [2.24, 2.45) is 0 Å². The highest BCUT2D eigenvalue weighted by Crippen LogP contribution is 2.38. The lowest BCUT2D eigenvalue weighted by atomic mass is 10.1. The number of anilines is 1. The Balaban J connectivity index is 1.64. The van der Waals surface area contributed by atoms with Crippen LogP contribution in [0, 0.1) is 0 Å². The van der Waals surface area contributed by atoms with Gasteiger partial charge in [-0.2, -0.15) is 0 Å². The highest BCUT2D eigenvalue weighted by Gasteiger charge is 2.37. The van der Waals surface area contributed by atoms with Crippen LogP contribution >= 0.6 is 34.8 Å². The normalized spacial score (nSPS) is 14.8. The Labute approximate surface area is 215 Å². The average molecular weight is 532 g/mol. The number of ether oxygens (including phenoxy) is 2. The molecule has 10 heteroatoms. The van der Waals surface area contributed by atoms with E-state index in [-0.39, 0.29) is 34.4 Å². The predicted molar refractivity (Wildman–Crippen MR) is 134 cm³/mol. The molecular weight excluding hydrogens is 515 g/mol. The third kappa shape index (κ3) is 5.43. The van der Waals surface area contributed by atoms with Crippen molar-refractivity contribution in [1.29, 1.82) is 0 Å². The van der Waals surface area contributed by atoms with Gasteiger partial charge in [0.1, 0.15) is 12.2 Å². The number of urea groups is 1. The van der Waals surface area contributed by atoms with E-state index in [0.717, 1.165) is 10.5 Å². The fourth-order valence-corrected chi connectivity index (χ4v) is 4.09. The number of carbonyl (C=O) groups is 3. The summed E-state index contributed by atoms with van der Waals surface area (Å²) in [6.45, 7) is 0.189. The third-order valence-electron chi connectivity index (χ3n) is 5.00. The van der Waals surface area contributed by atoms with Crippen molar-refractivity contribution in [2.75, 3.05) is 12.0 Å². The van der Waals surface area contributed by atoms with Gasteiger partial charge in [-0.1, -0.05) is 53.0 Å². The van der Waals surface area contributed by atoms with Crippen molar-refractivity contribution in [3.05, 3.63) is 92.4 Å². The molecule has 0 bridgehead atoms. The molecule has 1 heterocycles. The SMILES string of the molecule is COc1cc(/C=C2\C(=O)NC(=O)N(c3cccc(Cl)c3)C2=O)cc(Cl)c1OCc1cccc(Cl)c1. The van der Waals surface area contributed by atoms with Gasteiger partial charge in [0.15, 0.2) is 11.5 Å². The molecule has 178 valence electrons. The second-order valence-electron chi connectivity index (χ2n) is 7.39. The van der Waals surface area contributed by atoms with E-state index in [1.54, 1.807) is 36.4 Å². The number of barbiturate groups is 1. The summed E-state index contributed by atoms with van der Waals surface area (Å²) < 4.78 is 11.3.